The topological polar surface area (TPSA) is 314 Å². The average Bonchev–Trinajstić information content (AvgIpc) is 1.65. The molecule has 4 fully saturated rings. The molecular weight excluding hydrogens is 1740 g/mol. The number of hydrogen-bond acceptors (Lipinski definition) is 20. The number of rotatable bonds is 24. The van der Waals surface area contributed by atoms with Crippen molar-refractivity contribution in [3.63, 3.8) is 0 Å². The number of carbonyl (C=O) groups excluding carboxylic acids is 8. The lowest BCUT2D eigenvalue weighted by molar-refractivity contribution is -0.162. The fourth-order valence-electron chi connectivity index (χ4n) is 17.9. The molecule has 4 aromatic heterocycles. The number of esters is 2. The molecule has 6 aliphatic rings. The molecule has 4 aromatic carbocycles. The summed E-state index contributed by atoms with van der Waals surface area (Å²) in [6.45, 7) is 28.2. The van der Waals surface area contributed by atoms with Gasteiger partial charge in [-0.3, -0.25) is 48.5 Å². The van der Waals surface area contributed by atoms with Gasteiger partial charge in [-0.25, -0.2) is 19.6 Å². The van der Waals surface area contributed by atoms with Crippen LogP contribution in [0.1, 0.15) is 215 Å². The summed E-state index contributed by atoms with van der Waals surface area (Å²) in [5, 5.41) is 13.2. The molecule has 8 heterocycles. The van der Waals surface area contributed by atoms with E-state index >= 15 is 0 Å². The van der Waals surface area contributed by atoms with E-state index in [1.165, 1.54) is 0 Å². The molecule has 0 unspecified atom stereocenters. The number of pyridine rings is 2. The Hall–Kier alpha value is -10.4. The highest BCUT2D eigenvalue weighted by Gasteiger charge is 2.38. The molecular formula is C98H122Cl4N14O14. The molecule has 6 amide bonds. The highest BCUT2D eigenvalue weighted by molar-refractivity contribution is 6.40. The minimum absolute atomic E-state index is 0.0305. The molecule has 2 atom stereocenters. The van der Waals surface area contributed by atoms with Gasteiger partial charge in [-0.1, -0.05) is 94.9 Å². The van der Waals surface area contributed by atoms with Crippen LogP contribution in [-0.2, 0) is 91.2 Å². The normalized spacial score (nSPS) is 19.0. The number of nitrogens with zero attached hydrogens (tertiary/aromatic N) is 10. The first-order valence-electron chi connectivity index (χ1n) is 44.9. The van der Waals surface area contributed by atoms with Crippen molar-refractivity contribution in [1.29, 1.82) is 0 Å². The number of benzene rings is 4. The Bertz CT molecular complexity index is 5200. The summed E-state index contributed by atoms with van der Waals surface area (Å²) in [4.78, 5) is 131. The molecule has 0 spiro atoms. The summed E-state index contributed by atoms with van der Waals surface area (Å²) >= 11 is 28.4. The van der Waals surface area contributed by atoms with E-state index in [0.717, 1.165) is 124 Å². The summed E-state index contributed by atoms with van der Waals surface area (Å²) < 4.78 is 38.2. The van der Waals surface area contributed by atoms with Crippen molar-refractivity contribution in [2.75, 3.05) is 64.1 Å². The van der Waals surface area contributed by atoms with Crippen molar-refractivity contribution in [2.45, 2.75) is 234 Å². The molecule has 2 aliphatic carbocycles. The zero-order valence-corrected chi connectivity index (χ0v) is 80.4. The Morgan fingerprint density at radius 1 is 0.462 bits per heavy atom. The van der Waals surface area contributed by atoms with Crippen LogP contribution >= 0.6 is 46.4 Å². The van der Waals surface area contributed by atoms with Crippen LogP contribution in [0.15, 0.2) is 97.3 Å². The number of anilines is 2. The van der Waals surface area contributed by atoms with Crippen molar-refractivity contribution in [2.24, 2.45) is 37.8 Å². The van der Waals surface area contributed by atoms with Crippen LogP contribution < -0.4 is 30.7 Å². The number of carbonyl (C=O) groups is 8. The fourth-order valence-corrected chi connectivity index (χ4v) is 19.1. The van der Waals surface area contributed by atoms with Gasteiger partial charge in [-0.2, -0.15) is 0 Å². The zero-order chi connectivity index (χ0) is 93.6. The minimum atomic E-state index is -0.708. The molecule has 0 radical (unpaired) electrons. The van der Waals surface area contributed by atoms with Crippen LogP contribution in [0.2, 0.25) is 20.1 Å². The number of methoxy groups -OCH3 is 2. The highest BCUT2D eigenvalue weighted by Crippen LogP contribution is 2.45. The molecule has 0 bridgehead atoms. The summed E-state index contributed by atoms with van der Waals surface area (Å²) in [5.41, 5.74) is 8.52. The molecule has 8 aromatic rings. The Balaban J connectivity index is 0.000000222. The Labute approximate surface area is 781 Å². The lowest BCUT2D eigenvalue weighted by Crippen LogP contribution is -2.43. The van der Waals surface area contributed by atoms with Crippen LogP contribution in [0, 0.1) is 23.7 Å². The number of nitrogens with one attached hydrogen (secondary N) is 4. The van der Waals surface area contributed by atoms with E-state index in [9.17, 15) is 38.4 Å². The Kier molecular flexibility index (Phi) is 30.8. The van der Waals surface area contributed by atoms with Crippen molar-refractivity contribution in [3.8, 4) is 56.3 Å². The molecule has 28 nitrogen and oxygen atoms in total. The summed E-state index contributed by atoms with van der Waals surface area (Å²) in [6.07, 6.45) is 13.2. The number of imidazole rings is 2. The summed E-state index contributed by atoms with van der Waals surface area (Å²) in [7, 11) is 6.87. The Morgan fingerprint density at radius 2 is 0.823 bits per heavy atom. The molecule has 14 rings (SSSR count). The van der Waals surface area contributed by atoms with Crippen LogP contribution in [0.3, 0.4) is 0 Å². The van der Waals surface area contributed by atoms with Gasteiger partial charge in [-0.15, -0.1) is 0 Å². The second kappa shape index (κ2) is 41.2. The smallest absolute Gasteiger partial charge is 0.410 e. The van der Waals surface area contributed by atoms with Gasteiger partial charge in [0.05, 0.1) is 105 Å². The first kappa shape index (κ1) is 97.2. The third-order valence-corrected chi connectivity index (χ3v) is 25.9. The largest absolute Gasteiger partial charge is 0.496 e. The van der Waals surface area contributed by atoms with Gasteiger partial charge in [0.25, 0.3) is 11.8 Å². The van der Waals surface area contributed by atoms with Gasteiger partial charge in [0, 0.05) is 161 Å². The lowest BCUT2D eigenvalue weighted by atomic mass is 9.81. The number of aromatic nitrogens is 6. The average molecular weight is 1860 g/mol. The quantitative estimate of drug-likeness (QED) is 0.0323. The van der Waals surface area contributed by atoms with Crippen LogP contribution in [-0.4, -0.2) is 184 Å². The van der Waals surface area contributed by atoms with Gasteiger partial charge in [0.15, 0.2) is 11.6 Å². The maximum Gasteiger partial charge on any atom is 0.410 e. The molecule has 130 heavy (non-hydrogen) atoms. The highest BCUT2D eigenvalue weighted by atomic mass is 35.5. The van der Waals surface area contributed by atoms with Gasteiger partial charge in [0.2, 0.25) is 11.8 Å². The maximum atomic E-state index is 13.9. The van der Waals surface area contributed by atoms with E-state index in [1.807, 2.05) is 155 Å². The van der Waals surface area contributed by atoms with Crippen molar-refractivity contribution in [1.82, 2.24) is 59.3 Å². The fraction of sp³-hybridized carbons (Fsp3) is 0.510. The van der Waals surface area contributed by atoms with Crippen LogP contribution in [0.25, 0.3) is 44.8 Å². The van der Waals surface area contributed by atoms with Gasteiger partial charge < -0.3 is 68.6 Å². The summed E-state index contributed by atoms with van der Waals surface area (Å²) in [6, 6.07) is 25.0. The number of ether oxygens (including phenoxy) is 6. The molecule has 32 heteroatoms. The van der Waals surface area contributed by atoms with Crippen molar-refractivity contribution >= 4 is 106 Å². The zero-order valence-electron chi connectivity index (χ0n) is 77.4. The molecule has 4 aliphatic heterocycles. The molecule has 2 saturated carbocycles. The first-order chi connectivity index (χ1) is 61.5. The van der Waals surface area contributed by atoms with E-state index in [4.69, 9.17) is 84.8 Å². The first-order valence-corrected chi connectivity index (χ1v) is 46.4. The van der Waals surface area contributed by atoms with E-state index in [-0.39, 0.29) is 85.7 Å². The minimum Gasteiger partial charge on any atom is -0.496 e. The second-order valence-electron chi connectivity index (χ2n) is 38.9. The predicted molar refractivity (Wildman–Crippen MR) is 502 cm³/mol. The van der Waals surface area contributed by atoms with Crippen molar-refractivity contribution in [3.05, 3.63) is 163 Å². The number of halogens is 4. The standard InChI is InChI=1S/2C49H61Cl2N7O7/c2*1-48(2,3)64-46(61)30-14-12-29(13-15-30)25-57-23-21-36-38(28-57)56(7)44(54-36)45(60)55-37-11-9-10-34(41(37)50)35-20-22-52-43(42(35)51)31-16-17-32(39(24-31)63-8)26-58(47(62)65-49(4,5)6)27-33-18-19-40(59)53-33/h2*9-11,16-17,20,22,24,29-30,33H,12-15,18-19,21,23,25-28H2,1-8H3,(H,53,59)(H,55,60)/t2*29?,30?,33-/m00/s1. The van der Waals surface area contributed by atoms with Crippen molar-refractivity contribution < 1.29 is 66.8 Å². The summed E-state index contributed by atoms with van der Waals surface area (Å²) in [5.74, 6) is 1.59. The third kappa shape index (κ3) is 24.5. The predicted octanol–water partition coefficient (Wildman–Crippen LogP) is 18.5. The second-order valence-corrected chi connectivity index (χ2v) is 40.4. The maximum absolute atomic E-state index is 13.9. The molecule has 696 valence electrons. The van der Waals surface area contributed by atoms with Gasteiger partial charge in [-0.05, 0) is 196 Å². The van der Waals surface area contributed by atoms with E-state index in [1.54, 1.807) is 72.8 Å². The lowest BCUT2D eigenvalue weighted by Gasteiger charge is -2.34. The van der Waals surface area contributed by atoms with Crippen LogP contribution in [0.5, 0.6) is 11.5 Å². The van der Waals surface area contributed by atoms with Gasteiger partial charge >= 0.3 is 24.1 Å². The van der Waals surface area contributed by atoms with E-state index in [2.05, 4.69) is 41.0 Å². The van der Waals surface area contributed by atoms with E-state index < -0.39 is 34.6 Å². The molecule has 2 saturated heterocycles. The number of fused-ring (bicyclic) bond motifs is 2. The SMILES string of the molecule is COc1cc(-c2nccc(-c3cccc(NC(=O)c4nc5c(n4C)CN(CC4CCC(C(=O)OC(C)(C)C)CC4)CC5)c3Cl)c2Cl)ccc1CN(C[C@@H]1CCC(=O)N1)C(=O)OC(C)(C)C.COc1cc(-c2nccc(-c3cccc(NC(=O)c4nc5c(n4C)CN(CC4CCC(C(=O)OC(C)(C)C)CC4)CC5)c3Cl)c2Cl)ccc1CN(C[C@@H]1CCC(=O)N1)C(=O)OC(C)(C)C. The van der Waals surface area contributed by atoms with Crippen LogP contribution in [0.4, 0.5) is 21.0 Å². The number of amides is 6. The van der Waals surface area contributed by atoms with Gasteiger partial charge in [0.1, 0.15) is 33.9 Å². The molecule has 4 N–H and O–H groups in total. The monoisotopic (exact) mass is 1860 g/mol. The third-order valence-electron chi connectivity index (χ3n) is 24.3. The Morgan fingerprint density at radius 3 is 1.16 bits per heavy atom. The number of hydrogen-bond donors (Lipinski definition) is 4. The van der Waals surface area contributed by atoms with E-state index in [0.29, 0.717) is 150 Å².